The van der Waals surface area contributed by atoms with Crippen LogP contribution in [0.2, 0.25) is 0 Å². The van der Waals surface area contributed by atoms with Gasteiger partial charge in [-0.1, -0.05) is 0 Å². The van der Waals surface area contributed by atoms with Gasteiger partial charge in [-0.05, 0) is 35.2 Å². The van der Waals surface area contributed by atoms with E-state index >= 15 is 0 Å². The average Bonchev–Trinajstić information content (AvgIpc) is 2.87. The fourth-order valence-electron chi connectivity index (χ4n) is 1.48. The van der Waals surface area contributed by atoms with Crippen LogP contribution in [0.25, 0.3) is 0 Å². The molecule has 1 atom stereocenters. The molecule has 0 aromatic carbocycles. The summed E-state index contributed by atoms with van der Waals surface area (Å²) in [6.07, 6.45) is 1.64. The third-order valence-corrected chi connectivity index (χ3v) is 3.00. The number of thiophene rings is 1. The molecule has 1 unspecified atom stereocenters. The minimum atomic E-state index is -0.214. The summed E-state index contributed by atoms with van der Waals surface area (Å²) in [4.78, 5) is 11.5. The molecular weight excluding hydrogens is 198 g/mol. The van der Waals surface area contributed by atoms with Gasteiger partial charge in [0.1, 0.15) is 6.10 Å². The Morgan fingerprint density at radius 1 is 1.71 bits per heavy atom. The predicted molar refractivity (Wildman–Crippen MR) is 55.1 cm³/mol. The van der Waals surface area contributed by atoms with Crippen molar-refractivity contribution >= 4 is 17.2 Å². The number of carbonyl (C=O) groups excluding carboxylic acids is 1. The van der Waals surface area contributed by atoms with Gasteiger partial charge in [-0.3, -0.25) is 4.79 Å². The van der Waals surface area contributed by atoms with Gasteiger partial charge in [0.15, 0.2) is 0 Å². The lowest BCUT2D eigenvalue weighted by Crippen LogP contribution is -2.33. The van der Waals surface area contributed by atoms with E-state index in [9.17, 15) is 4.79 Å². The van der Waals surface area contributed by atoms with E-state index in [1.807, 2.05) is 16.8 Å². The summed E-state index contributed by atoms with van der Waals surface area (Å²) in [6, 6.07) is 2.01. The Hall–Kier alpha value is -0.870. The van der Waals surface area contributed by atoms with E-state index in [0.29, 0.717) is 6.54 Å². The molecule has 1 aromatic rings. The summed E-state index contributed by atoms with van der Waals surface area (Å²) in [5.41, 5.74) is 1.15. The van der Waals surface area contributed by atoms with Gasteiger partial charge < -0.3 is 10.1 Å². The lowest BCUT2D eigenvalue weighted by Gasteiger charge is -2.09. The molecular formula is C10H13NO2S. The summed E-state index contributed by atoms with van der Waals surface area (Å²) >= 11 is 1.64. The van der Waals surface area contributed by atoms with E-state index < -0.39 is 0 Å². The van der Waals surface area contributed by atoms with E-state index in [-0.39, 0.29) is 12.0 Å². The van der Waals surface area contributed by atoms with Crippen LogP contribution in [0.4, 0.5) is 0 Å². The number of carbonyl (C=O) groups is 1. The third-order valence-electron chi connectivity index (χ3n) is 2.27. The Morgan fingerprint density at radius 2 is 2.64 bits per heavy atom. The summed E-state index contributed by atoms with van der Waals surface area (Å²) < 4.78 is 5.28. The monoisotopic (exact) mass is 211 g/mol. The second-order valence-electron chi connectivity index (χ2n) is 3.35. The molecule has 1 N–H and O–H groups in total. The van der Waals surface area contributed by atoms with E-state index in [1.54, 1.807) is 11.3 Å². The highest BCUT2D eigenvalue weighted by Crippen LogP contribution is 2.12. The van der Waals surface area contributed by atoms with Crippen molar-refractivity contribution < 1.29 is 9.53 Å². The predicted octanol–water partition coefficient (Wildman–Crippen LogP) is 1.54. The molecule has 0 bridgehead atoms. The Morgan fingerprint density at radius 3 is 3.29 bits per heavy atom. The number of hydrogen-bond donors (Lipinski definition) is 1. The van der Waals surface area contributed by atoms with Crippen molar-refractivity contribution in [2.75, 3.05) is 6.61 Å². The molecule has 0 spiro atoms. The first-order valence-electron chi connectivity index (χ1n) is 4.76. The van der Waals surface area contributed by atoms with Crippen LogP contribution in [0.15, 0.2) is 16.8 Å². The van der Waals surface area contributed by atoms with E-state index in [2.05, 4.69) is 5.32 Å². The maximum Gasteiger partial charge on any atom is 0.249 e. The zero-order valence-electron chi connectivity index (χ0n) is 7.86. The highest BCUT2D eigenvalue weighted by Gasteiger charge is 2.22. The minimum absolute atomic E-state index is 0.0219. The lowest BCUT2D eigenvalue weighted by molar-refractivity contribution is -0.130. The molecule has 1 amide bonds. The standard InChI is InChI=1S/C10H13NO2S/c12-10(9-2-1-4-13-9)11-6-8-3-5-14-7-8/h3,5,7,9H,1-2,4,6H2,(H,11,12). The van der Waals surface area contributed by atoms with Gasteiger partial charge in [0.05, 0.1) is 0 Å². The Labute approximate surface area is 87.1 Å². The van der Waals surface area contributed by atoms with Gasteiger partial charge in [0.2, 0.25) is 5.91 Å². The molecule has 1 aliphatic rings. The highest BCUT2D eigenvalue weighted by atomic mass is 32.1. The summed E-state index contributed by atoms with van der Waals surface area (Å²) in [7, 11) is 0. The van der Waals surface area contributed by atoms with Gasteiger partial charge in [0, 0.05) is 13.2 Å². The molecule has 0 radical (unpaired) electrons. The fraction of sp³-hybridized carbons (Fsp3) is 0.500. The van der Waals surface area contributed by atoms with E-state index in [4.69, 9.17) is 4.74 Å². The first-order chi connectivity index (χ1) is 6.86. The smallest absolute Gasteiger partial charge is 0.249 e. The Balaban J connectivity index is 1.77. The van der Waals surface area contributed by atoms with E-state index in [0.717, 1.165) is 25.0 Å². The third kappa shape index (κ3) is 2.33. The topological polar surface area (TPSA) is 38.3 Å². The summed E-state index contributed by atoms with van der Waals surface area (Å²) in [5.74, 6) is 0.0219. The second kappa shape index (κ2) is 4.57. The highest BCUT2D eigenvalue weighted by molar-refractivity contribution is 7.07. The maximum atomic E-state index is 11.5. The van der Waals surface area contributed by atoms with Crippen molar-refractivity contribution in [3.8, 4) is 0 Å². The van der Waals surface area contributed by atoms with Crippen molar-refractivity contribution in [2.45, 2.75) is 25.5 Å². The van der Waals surface area contributed by atoms with Crippen molar-refractivity contribution in [1.29, 1.82) is 0 Å². The molecule has 0 saturated carbocycles. The van der Waals surface area contributed by atoms with Crippen molar-refractivity contribution in [3.63, 3.8) is 0 Å². The fourth-order valence-corrected chi connectivity index (χ4v) is 2.15. The van der Waals surface area contributed by atoms with Crippen LogP contribution in [-0.4, -0.2) is 18.6 Å². The molecule has 1 aromatic heterocycles. The summed E-state index contributed by atoms with van der Waals surface area (Å²) in [5, 5.41) is 6.91. The maximum absolute atomic E-state index is 11.5. The first kappa shape index (κ1) is 9.68. The van der Waals surface area contributed by atoms with Crippen molar-refractivity contribution in [3.05, 3.63) is 22.4 Å². The SMILES string of the molecule is O=C(NCc1ccsc1)C1CCCO1. The molecule has 3 nitrogen and oxygen atoms in total. The number of nitrogens with one attached hydrogen (secondary N) is 1. The van der Waals surface area contributed by atoms with Crippen molar-refractivity contribution in [1.82, 2.24) is 5.32 Å². The van der Waals surface area contributed by atoms with Crippen LogP contribution in [0, 0.1) is 0 Å². The van der Waals surface area contributed by atoms with Crippen molar-refractivity contribution in [2.24, 2.45) is 0 Å². The zero-order chi connectivity index (χ0) is 9.80. The van der Waals surface area contributed by atoms with Crippen LogP contribution in [-0.2, 0) is 16.1 Å². The largest absolute Gasteiger partial charge is 0.368 e. The molecule has 2 rings (SSSR count). The van der Waals surface area contributed by atoms with E-state index in [1.165, 1.54) is 0 Å². The molecule has 76 valence electrons. The molecule has 4 heteroatoms. The first-order valence-corrected chi connectivity index (χ1v) is 5.71. The normalized spacial score (nSPS) is 21.0. The Kier molecular flexibility index (Phi) is 3.16. The van der Waals surface area contributed by atoms with Gasteiger partial charge in [-0.15, -0.1) is 0 Å². The summed E-state index contributed by atoms with van der Waals surface area (Å²) in [6.45, 7) is 1.33. The quantitative estimate of drug-likeness (QED) is 0.823. The van der Waals surface area contributed by atoms with Gasteiger partial charge in [0.25, 0.3) is 0 Å². The lowest BCUT2D eigenvalue weighted by atomic mass is 10.2. The zero-order valence-corrected chi connectivity index (χ0v) is 8.68. The van der Waals surface area contributed by atoms with Crippen LogP contribution < -0.4 is 5.32 Å². The average molecular weight is 211 g/mol. The van der Waals surface area contributed by atoms with Crippen LogP contribution in [0.3, 0.4) is 0 Å². The van der Waals surface area contributed by atoms with Crippen LogP contribution in [0.5, 0.6) is 0 Å². The molecule has 14 heavy (non-hydrogen) atoms. The van der Waals surface area contributed by atoms with Gasteiger partial charge in [-0.2, -0.15) is 11.3 Å². The number of ether oxygens (including phenoxy) is 1. The Bertz CT molecular complexity index is 291. The van der Waals surface area contributed by atoms with Crippen LogP contribution >= 0.6 is 11.3 Å². The minimum Gasteiger partial charge on any atom is -0.368 e. The molecule has 0 aliphatic carbocycles. The van der Waals surface area contributed by atoms with Gasteiger partial charge >= 0.3 is 0 Å². The molecule has 1 aliphatic heterocycles. The number of hydrogen-bond acceptors (Lipinski definition) is 3. The number of rotatable bonds is 3. The van der Waals surface area contributed by atoms with Crippen LogP contribution in [0.1, 0.15) is 18.4 Å². The van der Waals surface area contributed by atoms with Gasteiger partial charge in [-0.25, -0.2) is 0 Å². The second-order valence-corrected chi connectivity index (χ2v) is 4.13. The molecule has 1 saturated heterocycles. The number of amides is 1. The molecule has 1 fully saturated rings. The molecule has 2 heterocycles.